The van der Waals surface area contributed by atoms with Crippen LogP contribution in [0.1, 0.15) is 18.9 Å². The van der Waals surface area contributed by atoms with Crippen LogP contribution in [0.25, 0.3) is 6.08 Å². The minimum Gasteiger partial charge on any atom is -0.493 e. The lowest BCUT2D eigenvalue weighted by Crippen LogP contribution is -2.29. The minimum absolute atomic E-state index is 0.0518. The molecule has 2 aromatic rings. The van der Waals surface area contributed by atoms with E-state index in [2.05, 4.69) is 11.6 Å². The van der Waals surface area contributed by atoms with Gasteiger partial charge in [-0.05, 0) is 42.5 Å². The molecule has 29 heavy (non-hydrogen) atoms. The maximum Gasteiger partial charge on any atom is 0.266 e. The van der Waals surface area contributed by atoms with Gasteiger partial charge in [0.25, 0.3) is 5.91 Å². The third-order valence-electron chi connectivity index (χ3n) is 4.18. The SMILES string of the molecule is C=CCOc1c(/C=C2/SC(=Nc3ccccc3)N(CCC)C2=O)cccc1OC. The molecular formula is C23H24N2O3S. The van der Waals surface area contributed by atoms with Gasteiger partial charge in [0.1, 0.15) is 6.61 Å². The molecule has 1 saturated heterocycles. The van der Waals surface area contributed by atoms with Gasteiger partial charge in [-0.25, -0.2) is 4.99 Å². The Morgan fingerprint density at radius 2 is 1.97 bits per heavy atom. The van der Waals surface area contributed by atoms with Crippen molar-refractivity contribution < 1.29 is 14.3 Å². The van der Waals surface area contributed by atoms with Crippen molar-refractivity contribution >= 4 is 34.6 Å². The number of amides is 1. The summed E-state index contributed by atoms with van der Waals surface area (Å²) < 4.78 is 11.2. The van der Waals surface area contributed by atoms with E-state index in [1.165, 1.54) is 11.8 Å². The number of benzene rings is 2. The zero-order chi connectivity index (χ0) is 20.6. The van der Waals surface area contributed by atoms with Crippen LogP contribution in [0, 0.1) is 0 Å². The van der Waals surface area contributed by atoms with Crippen molar-refractivity contribution in [3.8, 4) is 11.5 Å². The quantitative estimate of drug-likeness (QED) is 0.441. The third-order valence-corrected chi connectivity index (χ3v) is 5.18. The van der Waals surface area contributed by atoms with Gasteiger partial charge in [0.2, 0.25) is 0 Å². The fourth-order valence-electron chi connectivity index (χ4n) is 2.87. The van der Waals surface area contributed by atoms with Crippen LogP contribution in [-0.2, 0) is 4.79 Å². The van der Waals surface area contributed by atoms with Gasteiger partial charge >= 0.3 is 0 Å². The number of hydrogen-bond acceptors (Lipinski definition) is 5. The second-order valence-corrected chi connectivity index (χ2v) is 7.28. The van der Waals surface area contributed by atoms with Crippen LogP contribution in [0.15, 0.2) is 71.1 Å². The molecule has 0 radical (unpaired) electrons. The molecule has 2 aromatic carbocycles. The molecule has 6 heteroatoms. The average molecular weight is 409 g/mol. The van der Waals surface area contributed by atoms with Crippen molar-refractivity contribution in [3.63, 3.8) is 0 Å². The van der Waals surface area contributed by atoms with Crippen LogP contribution < -0.4 is 9.47 Å². The van der Waals surface area contributed by atoms with E-state index in [1.807, 2.05) is 61.5 Å². The molecule has 1 fully saturated rings. The number of rotatable bonds is 8. The molecule has 3 rings (SSSR count). The molecule has 150 valence electrons. The van der Waals surface area contributed by atoms with Gasteiger partial charge in [-0.2, -0.15) is 0 Å². The molecule has 0 atom stereocenters. The van der Waals surface area contributed by atoms with Crippen LogP contribution in [0.5, 0.6) is 11.5 Å². The Labute approximate surface area is 175 Å². The van der Waals surface area contributed by atoms with Gasteiger partial charge in [-0.3, -0.25) is 9.69 Å². The van der Waals surface area contributed by atoms with E-state index in [1.54, 1.807) is 18.1 Å². The fourth-order valence-corrected chi connectivity index (χ4v) is 3.89. The summed E-state index contributed by atoms with van der Waals surface area (Å²) in [5, 5.41) is 0.686. The van der Waals surface area contributed by atoms with Crippen LogP contribution in [-0.4, -0.2) is 36.2 Å². The van der Waals surface area contributed by atoms with Crippen LogP contribution in [0.4, 0.5) is 5.69 Å². The summed E-state index contributed by atoms with van der Waals surface area (Å²) in [7, 11) is 1.59. The molecule has 0 unspecified atom stereocenters. The van der Waals surface area contributed by atoms with Gasteiger partial charge in [-0.15, -0.1) is 0 Å². The van der Waals surface area contributed by atoms with Crippen molar-refractivity contribution in [2.45, 2.75) is 13.3 Å². The highest BCUT2D eigenvalue weighted by Crippen LogP contribution is 2.38. The molecule has 1 amide bonds. The standard InChI is InChI=1S/C23H24N2O3S/c1-4-14-25-22(26)20(29-23(25)24-18-11-7-6-8-12-18)16-17-10-9-13-19(27-3)21(17)28-15-5-2/h5-13,16H,2,4,14-15H2,1,3H3/b20-16+,24-23?. The zero-order valence-electron chi connectivity index (χ0n) is 16.6. The number of carbonyl (C=O) groups excluding carboxylic acids is 1. The number of amidine groups is 1. The number of aliphatic imine (C=N–C) groups is 1. The van der Waals surface area contributed by atoms with Crippen LogP contribution in [0.2, 0.25) is 0 Å². The number of para-hydroxylation sites is 2. The molecule has 1 aliphatic heterocycles. The number of methoxy groups -OCH3 is 1. The van der Waals surface area contributed by atoms with Gasteiger partial charge in [-0.1, -0.05) is 49.9 Å². The van der Waals surface area contributed by atoms with Crippen molar-refractivity contribution in [2.24, 2.45) is 4.99 Å². The largest absolute Gasteiger partial charge is 0.493 e. The molecule has 0 aliphatic carbocycles. The Hall–Kier alpha value is -2.99. The summed E-state index contributed by atoms with van der Waals surface area (Å²) in [6, 6.07) is 15.3. The van der Waals surface area contributed by atoms with Gasteiger partial charge in [0.15, 0.2) is 16.7 Å². The molecule has 0 bridgehead atoms. The predicted molar refractivity (Wildman–Crippen MR) is 120 cm³/mol. The first kappa shape index (κ1) is 20.7. The van der Waals surface area contributed by atoms with E-state index in [9.17, 15) is 4.79 Å². The van der Waals surface area contributed by atoms with Crippen molar-refractivity contribution in [1.29, 1.82) is 0 Å². The Morgan fingerprint density at radius 1 is 1.17 bits per heavy atom. The van der Waals surface area contributed by atoms with E-state index in [0.717, 1.165) is 17.7 Å². The van der Waals surface area contributed by atoms with Crippen molar-refractivity contribution in [1.82, 2.24) is 4.90 Å². The molecule has 5 nitrogen and oxygen atoms in total. The lowest BCUT2D eigenvalue weighted by Gasteiger charge is -2.14. The van der Waals surface area contributed by atoms with E-state index in [0.29, 0.717) is 34.7 Å². The maximum atomic E-state index is 13.0. The first-order valence-electron chi connectivity index (χ1n) is 9.43. The molecule has 0 N–H and O–H groups in total. The first-order valence-corrected chi connectivity index (χ1v) is 10.3. The summed E-state index contributed by atoms with van der Waals surface area (Å²) in [4.78, 5) is 20.1. The predicted octanol–water partition coefficient (Wildman–Crippen LogP) is 5.27. The monoisotopic (exact) mass is 408 g/mol. The van der Waals surface area contributed by atoms with Crippen LogP contribution in [0.3, 0.4) is 0 Å². The summed E-state index contributed by atoms with van der Waals surface area (Å²) in [6.45, 7) is 6.70. The van der Waals surface area contributed by atoms with Crippen molar-refractivity contribution in [2.75, 3.05) is 20.3 Å². The number of nitrogens with zero attached hydrogens (tertiary/aromatic N) is 2. The third kappa shape index (κ3) is 4.90. The topological polar surface area (TPSA) is 51.1 Å². The lowest BCUT2D eigenvalue weighted by molar-refractivity contribution is -0.122. The molecule has 0 aromatic heterocycles. The highest BCUT2D eigenvalue weighted by molar-refractivity contribution is 8.18. The smallest absolute Gasteiger partial charge is 0.266 e. The Bertz CT molecular complexity index is 938. The molecule has 0 spiro atoms. The van der Waals surface area contributed by atoms with E-state index in [-0.39, 0.29) is 5.91 Å². The number of ether oxygens (including phenoxy) is 2. The average Bonchev–Trinajstić information content (AvgIpc) is 3.02. The Balaban J connectivity index is 1.98. The molecular weight excluding hydrogens is 384 g/mol. The Kier molecular flexibility index (Phi) is 7.14. The van der Waals surface area contributed by atoms with E-state index >= 15 is 0 Å². The Morgan fingerprint density at radius 3 is 2.66 bits per heavy atom. The normalized spacial score (nSPS) is 16.5. The lowest BCUT2D eigenvalue weighted by atomic mass is 10.1. The summed E-state index contributed by atoms with van der Waals surface area (Å²) >= 11 is 1.37. The van der Waals surface area contributed by atoms with Crippen molar-refractivity contribution in [3.05, 3.63) is 71.7 Å². The van der Waals surface area contributed by atoms with E-state index < -0.39 is 0 Å². The summed E-state index contributed by atoms with van der Waals surface area (Å²) in [5.74, 6) is 1.15. The summed E-state index contributed by atoms with van der Waals surface area (Å²) in [6.07, 6.45) is 4.36. The van der Waals surface area contributed by atoms with E-state index in [4.69, 9.17) is 9.47 Å². The molecule has 0 saturated carbocycles. The van der Waals surface area contributed by atoms with Gasteiger partial charge in [0.05, 0.1) is 17.7 Å². The highest BCUT2D eigenvalue weighted by Gasteiger charge is 2.33. The number of hydrogen-bond donors (Lipinski definition) is 0. The second-order valence-electron chi connectivity index (χ2n) is 6.28. The number of thioether (sulfide) groups is 1. The second kappa shape index (κ2) is 9.98. The molecule has 1 heterocycles. The fraction of sp³-hybridized carbons (Fsp3) is 0.217. The maximum absolute atomic E-state index is 13.0. The van der Waals surface area contributed by atoms with Gasteiger partial charge < -0.3 is 9.47 Å². The van der Waals surface area contributed by atoms with Gasteiger partial charge in [0, 0.05) is 12.1 Å². The summed E-state index contributed by atoms with van der Waals surface area (Å²) in [5.41, 5.74) is 1.60. The molecule has 1 aliphatic rings. The first-order chi connectivity index (χ1) is 14.2. The zero-order valence-corrected chi connectivity index (χ0v) is 17.4. The number of carbonyl (C=O) groups is 1. The highest BCUT2D eigenvalue weighted by atomic mass is 32.2. The van der Waals surface area contributed by atoms with Crippen LogP contribution >= 0.6 is 11.8 Å². The minimum atomic E-state index is -0.0518.